The maximum atomic E-state index is 13.1. The molecule has 0 fully saturated rings. The summed E-state index contributed by atoms with van der Waals surface area (Å²) in [5.74, 6) is 0.325. The number of aromatic nitrogens is 3. The number of anilines is 1. The lowest BCUT2D eigenvalue weighted by atomic mass is 10.1. The van der Waals surface area contributed by atoms with E-state index in [9.17, 15) is 4.79 Å². The van der Waals surface area contributed by atoms with Gasteiger partial charge in [0.25, 0.3) is 5.91 Å². The van der Waals surface area contributed by atoms with Gasteiger partial charge >= 0.3 is 0 Å². The summed E-state index contributed by atoms with van der Waals surface area (Å²) in [6, 6.07) is 19.4. The number of hydrogen-bond donors (Lipinski definition) is 1. The van der Waals surface area contributed by atoms with E-state index in [1.54, 1.807) is 18.6 Å². The van der Waals surface area contributed by atoms with Crippen LogP contribution in [0.5, 0.6) is 0 Å². The quantitative estimate of drug-likeness (QED) is 0.536. The van der Waals surface area contributed by atoms with Crippen molar-refractivity contribution in [2.45, 2.75) is 13.8 Å². The van der Waals surface area contributed by atoms with Crippen LogP contribution >= 0.6 is 0 Å². The molecule has 0 saturated carbocycles. The van der Waals surface area contributed by atoms with E-state index in [1.165, 1.54) is 0 Å². The summed E-state index contributed by atoms with van der Waals surface area (Å²) in [6.07, 6.45) is 4.96. The lowest BCUT2D eigenvalue weighted by molar-refractivity contribution is 0.102. The van der Waals surface area contributed by atoms with Gasteiger partial charge in [0.1, 0.15) is 0 Å². The second-order valence-electron chi connectivity index (χ2n) is 6.83. The SMILES string of the molecule is Cc1ccc(C)c(NC(=O)c2cnc(-c3ccccc3)nc2-c2ccncc2)c1. The molecule has 2 heterocycles. The average Bonchev–Trinajstić information content (AvgIpc) is 2.77. The molecule has 1 N–H and O–H groups in total. The molecule has 4 rings (SSSR count). The van der Waals surface area contributed by atoms with Crippen molar-refractivity contribution in [3.63, 3.8) is 0 Å². The number of benzene rings is 2. The molecule has 0 aliphatic rings. The Kier molecular flexibility index (Phi) is 5.12. The van der Waals surface area contributed by atoms with Gasteiger partial charge < -0.3 is 5.32 Å². The Morgan fingerprint density at radius 2 is 1.66 bits per heavy atom. The second kappa shape index (κ2) is 8.02. The fourth-order valence-corrected chi connectivity index (χ4v) is 3.06. The fourth-order valence-electron chi connectivity index (χ4n) is 3.06. The first kappa shape index (κ1) is 18.5. The predicted molar refractivity (Wildman–Crippen MR) is 115 cm³/mol. The minimum absolute atomic E-state index is 0.245. The number of amides is 1. The number of rotatable bonds is 4. The van der Waals surface area contributed by atoms with Gasteiger partial charge in [0, 0.05) is 35.4 Å². The normalized spacial score (nSPS) is 10.6. The highest BCUT2D eigenvalue weighted by Gasteiger charge is 2.18. The van der Waals surface area contributed by atoms with Gasteiger partial charge in [0.05, 0.1) is 11.3 Å². The van der Waals surface area contributed by atoms with E-state index in [0.29, 0.717) is 17.1 Å². The number of hydrogen-bond acceptors (Lipinski definition) is 4. The molecular formula is C24H20N4O. The molecule has 0 aliphatic heterocycles. The summed E-state index contributed by atoms with van der Waals surface area (Å²) in [6.45, 7) is 3.96. The van der Waals surface area contributed by atoms with Crippen molar-refractivity contribution in [2.75, 3.05) is 5.32 Å². The molecule has 0 unspecified atom stereocenters. The lowest BCUT2D eigenvalue weighted by Crippen LogP contribution is -2.15. The molecule has 4 aromatic rings. The number of carbonyl (C=O) groups excluding carboxylic acids is 1. The highest BCUT2D eigenvalue weighted by Crippen LogP contribution is 2.26. The maximum Gasteiger partial charge on any atom is 0.259 e. The van der Waals surface area contributed by atoms with E-state index in [1.807, 2.05) is 74.5 Å². The highest BCUT2D eigenvalue weighted by atomic mass is 16.1. The molecule has 2 aromatic heterocycles. The molecule has 0 aliphatic carbocycles. The predicted octanol–water partition coefficient (Wildman–Crippen LogP) is 5.07. The van der Waals surface area contributed by atoms with Crippen molar-refractivity contribution in [1.82, 2.24) is 15.0 Å². The molecular weight excluding hydrogens is 360 g/mol. The summed E-state index contributed by atoms with van der Waals surface area (Å²) < 4.78 is 0. The maximum absolute atomic E-state index is 13.1. The van der Waals surface area contributed by atoms with Crippen LogP contribution in [0.4, 0.5) is 5.69 Å². The average molecular weight is 380 g/mol. The van der Waals surface area contributed by atoms with Gasteiger partial charge in [-0.15, -0.1) is 0 Å². The van der Waals surface area contributed by atoms with E-state index >= 15 is 0 Å². The van der Waals surface area contributed by atoms with E-state index in [-0.39, 0.29) is 5.91 Å². The molecule has 0 saturated heterocycles. The Morgan fingerprint density at radius 3 is 2.41 bits per heavy atom. The molecule has 0 spiro atoms. The first-order chi connectivity index (χ1) is 14.1. The van der Waals surface area contributed by atoms with Crippen molar-refractivity contribution in [3.8, 4) is 22.6 Å². The monoisotopic (exact) mass is 380 g/mol. The van der Waals surface area contributed by atoms with Gasteiger partial charge in [0.15, 0.2) is 5.82 Å². The van der Waals surface area contributed by atoms with Crippen LogP contribution in [0.1, 0.15) is 21.5 Å². The Bertz CT molecular complexity index is 1160. The van der Waals surface area contributed by atoms with Crippen LogP contribution in [0.25, 0.3) is 22.6 Å². The third kappa shape index (κ3) is 4.04. The van der Waals surface area contributed by atoms with Crippen molar-refractivity contribution in [2.24, 2.45) is 0 Å². The third-order valence-corrected chi connectivity index (χ3v) is 4.66. The minimum Gasteiger partial charge on any atom is -0.322 e. The topological polar surface area (TPSA) is 67.8 Å². The largest absolute Gasteiger partial charge is 0.322 e. The summed E-state index contributed by atoms with van der Waals surface area (Å²) in [5, 5.41) is 3.00. The number of pyridine rings is 1. The Balaban J connectivity index is 1.78. The van der Waals surface area contributed by atoms with E-state index in [4.69, 9.17) is 4.98 Å². The van der Waals surface area contributed by atoms with Gasteiger partial charge in [-0.2, -0.15) is 0 Å². The standard InChI is InChI=1S/C24H20N4O/c1-16-8-9-17(2)21(14-16)27-24(29)20-15-26-23(19-6-4-3-5-7-19)28-22(20)18-10-12-25-13-11-18/h3-15H,1-2H3,(H,27,29). The number of nitrogens with zero attached hydrogens (tertiary/aromatic N) is 3. The molecule has 5 heteroatoms. The zero-order valence-corrected chi connectivity index (χ0v) is 16.3. The van der Waals surface area contributed by atoms with E-state index < -0.39 is 0 Å². The molecule has 2 aromatic carbocycles. The van der Waals surface area contributed by atoms with Crippen LogP contribution in [-0.2, 0) is 0 Å². The molecule has 1 amide bonds. The van der Waals surface area contributed by atoms with Crippen LogP contribution in [0.2, 0.25) is 0 Å². The van der Waals surface area contributed by atoms with Crippen LogP contribution < -0.4 is 5.32 Å². The smallest absolute Gasteiger partial charge is 0.259 e. The lowest BCUT2D eigenvalue weighted by Gasteiger charge is -2.13. The summed E-state index contributed by atoms with van der Waals surface area (Å²) in [5.41, 5.74) is 5.55. The van der Waals surface area contributed by atoms with E-state index in [0.717, 1.165) is 27.9 Å². The number of carbonyl (C=O) groups is 1. The Hall–Kier alpha value is -3.86. The van der Waals surface area contributed by atoms with Crippen molar-refractivity contribution in [3.05, 3.63) is 95.9 Å². The molecule has 142 valence electrons. The van der Waals surface area contributed by atoms with E-state index in [2.05, 4.69) is 15.3 Å². The van der Waals surface area contributed by atoms with Crippen LogP contribution in [0.3, 0.4) is 0 Å². The summed E-state index contributed by atoms with van der Waals surface area (Å²) in [4.78, 5) is 26.4. The second-order valence-corrected chi connectivity index (χ2v) is 6.83. The van der Waals surface area contributed by atoms with Crippen molar-refractivity contribution in [1.29, 1.82) is 0 Å². The van der Waals surface area contributed by atoms with Crippen molar-refractivity contribution >= 4 is 11.6 Å². The molecule has 0 bridgehead atoms. The van der Waals surface area contributed by atoms with Gasteiger partial charge in [0.2, 0.25) is 0 Å². The minimum atomic E-state index is -0.245. The van der Waals surface area contributed by atoms with Crippen molar-refractivity contribution < 1.29 is 4.79 Å². The molecule has 0 atom stereocenters. The first-order valence-electron chi connectivity index (χ1n) is 9.33. The summed E-state index contributed by atoms with van der Waals surface area (Å²) in [7, 11) is 0. The Labute approximate surface area is 169 Å². The van der Waals surface area contributed by atoms with Gasteiger partial charge in [-0.3, -0.25) is 9.78 Å². The fraction of sp³-hybridized carbons (Fsp3) is 0.0833. The number of aryl methyl sites for hydroxylation is 2. The highest BCUT2D eigenvalue weighted by molar-refractivity contribution is 6.08. The zero-order chi connectivity index (χ0) is 20.2. The summed E-state index contributed by atoms with van der Waals surface area (Å²) >= 11 is 0. The van der Waals surface area contributed by atoms with Gasteiger partial charge in [-0.05, 0) is 43.2 Å². The van der Waals surface area contributed by atoms with Gasteiger partial charge in [-0.1, -0.05) is 42.5 Å². The van der Waals surface area contributed by atoms with Crippen LogP contribution in [-0.4, -0.2) is 20.9 Å². The van der Waals surface area contributed by atoms with Gasteiger partial charge in [-0.25, -0.2) is 9.97 Å². The first-order valence-corrected chi connectivity index (χ1v) is 9.33. The van der Waals surface area contributed by atoms with Crippen LogP contribution in [0, 0.1) is 13.8 Å². The Morgan fingerprint density at radius 1 is 0.897 bits per heavy atom. The molecule has 5 nitrogen and oxygen atoms in total. The molecule has 0 radical (unpaired) electrons. The van der Waals surface area contributed by atoms with Crippen LogP contribution in [0.15, 0.2) is 79.3 Å². The third-order valence-electron chi connectivity index (χ3n) is 4.66. The molecule has 29 heavy (non-hydrogen) atoms. The zero-order valence-electron chi connectivity index (χ0n) is 16.3. The number of nitrogens with one attached hydrogen (secondary N) is 1.